The van der Waals surface area contributed by atoms with Crippen molar-refractivity contribution in [3.8, 4) is 0 Å². The summed E-state index contributed by atoms with van der Waals surface area (Å²) in [5.74, 6) is -1.08. The number of likely N-dealkylation sites (tertiary alicyclic amines) is 1. The second-order valence-electron chi connectivity index (χ2n) is 9.85. The van der Waals surface area contributed by atoms with Gasteiger partial charge in [-0.05, 0) is 30.5 Å². The summed E-state index contributed by atoms with van der Waals surface area (Å²) in [4.78, 5) is 24.5. The van der Waals surface area contributed by atoms with Crippen LogP contribution in [0.25, 0.3) is 0 Å². The van der Waals surface area contributed by atoms with E-state index in [-0.39, 0.29) is 17.4 Å². The van der Waals surface area contributed by atoms with Gasteiger partial charge in [-0.1, -0.05) is 28.9 Å². The van der Waals surface area contributed by atoms with Gasteiger partial charge in [-0.3, -0.25) is 14.0 Å². The summed E-state index contributed by atoms with van der Waals surface area (Å²) in [6.07, 6.45) is -5.33. The van der Waals surface area contributed by atoms with Gasteiger partial charge in [0.1, 0.15) is 29.4 Å². The molecule has 1 N–H and O–H groups in total. The fourth-order valence-corrected chi connectivity index (χ4v) is 6.98. The SMILES string of the molecule is O=C(Cn1nc(C(F)F)cc1C(F)F)N1CCC(c2nc(C3=NO[C@@H](c4c(Cl)cccc4CS(=O)(=O)O)C3)cs2)CC1. The van der Waals surface area contributed by atoms with E-state index in [0.29, 0.717) is 59.2 Å². The quantitative estimate of drug-likeness (QED) is 0.239. The molecule has 10 nitrogen and oxygen atoms in total. The Morgan fingerprint density at radius 2 is 1.93 bits per heavy atom. The molecular formula is C25H24ClF4N5O5S2. The number of carbonyl (C=O) groups excluding carboxylic acids is 1. The van der Waals surface area contributed by atoms with Crippen LogP contribution in [0.2, 0.25) is 5.02 Å². The molecule has 1 fully saturated rings. The van der Waals surface area contributed by atoms with Gasteiger partial charge < -0.3 is 9.74 Å². The van der Waals surface area contributed by atoms with Crippen LogP contribution in [0.5, 0.6) is 0 Å². The van der Waals surface area contributed by atoms with Crippen molar-refractivity contribution < 1.29 is 40.2 Å². The standard InChI is InChI=1S/C25H24ClF4N5O5S2/c26-15-3-1-2-14(12-42(37,38)39)22(15)20-9-16(33-40-20)18-11-41-25(31-18)13-4-6-34(7-5-13)21(36)10-35-19(24(29)30)8-17(32-35)23(27)28/h1-3,8,11,13,20,23-24H,4-7,9-10,12H2,(H,37,38,39)/t20-/m1/s1. The number of oxime groups is 1. The lowest BCUT2D eigenvalue weighted by molar-refractivity contribution is -0.133. The largest absolute Gasteiger partial charge is 0.387 e. The number of alkyl halides is 4. The summed E-state index contributed by atoms with van der Waals surface area (Å²) in [6.45, 7) is 0.109. The number of rotatable bonds is 9. The Morgan fingerprint density at radius 1 is 1.19 bits per heavy atom. The molecule has 226 valence electrons. The first-order valence-corrected chi connectivity index (χ1v) is 15.6. The van der Waals surface area contributed by atoms with E-state index in [0.717, 1.165) is 5.01 Å². The van der Waals surface area contributed by atoms with E-state index in [1.807, 2.05) is 5.38 Å². The fraction of sp³-hybridized carbons (Fsp3) is 0.440. The average molecular weight is 650 g/mol. The van der Waals surface area contributed by atoms with Crippen molar-refractivity contribution in [1.29, 1.82) is 0 Å². The van der Waals surface area contributed by atoms with Crippen molar-refractivity contribution in [3.05, 3.63) is 67.9 Å². The minimum absolute atomic E-state index is 0.0308. The molecule has 4 heterocycles. The molecule has 2 aliphatic rings. The van der Waals surface area contributed by atoms with Gasteiger partial charge in [0.2, 0.25) is 5.91 Å². The molecule has 2 aliphatic heterocycles. The lowest BCUT2D eigenvalue weighted by atomic mass is 9.97. The summed E-state index contributed by atoms with van der Waals surface area (Å²) >= 11 is 7.75. The van der Waals surface area contributed by atoms with E-state index in [2.05, 4.69) is 10.3 Å². The minimum atomic E-state index is -4.30. The number of hydrogen-bond acceptors (Lipinski definition) is 8. The van der Waals surface area contributed by atoms with Crippen molar-refractivity contribution in [1.82, 2.24) is 19.7 Å². The van der Waals surface area contributed by atoms with Gasteiger partial charge in [0.05, 0.1) is 10.7 Å². The molecule has 1 atom stereocenters. The molecule has 0 spiro atoms. The molecular weight excluding hydrogens is 626 g/mol. The molecule has 17 heteroatoms. The zero-order valence-electron chi connectivity index (χ0n) is 21.7. The Morgan fingerprint density at radius 3 is 2.60 bits per heavy atom. The number of carbonyl (C=O) groups is 1. The van der Waals surface area contributed by atoms with Crippen molar-refractivity contribution >= 4 is 44.7 Å². The van der Waals surface area contributed by atoms with E-state index in [1.165, 1.54) is 16.2 Å². The van der Waals surface area contributed by atoms with E-state index >= 15 is 0 Å². The third-order valence-corrected chi connectivity index (χ3v) is 9.06. The fourth-order valence-electron chi connectivity index (χ4n) is 5.02. The van der Waals surface area contributed by atoms with Gasteiger partial charge in [-0.25, -0.2) is 22.5 Å². The second kappa shape index (κ2) is 12.3. The zero-order valence-corrected chi connectivity index (χ0v) is 24.1. The smallest absolute Gasteiger partial charge is 0.282 e. The van der Waals surface area contributed by atoms with Gasteiger partial charge in [0.15, 0.2) is 6.10 Å². The third kappa shape index (κ3) is 6.76. The van der Waals surface area contributed by atoms with E-state index in [4.69, 9.17) is 21.4 Å². The molecule has 1 saturated heterocycles. The highest BCUT2D eigenvalue weighted by Gasteiger charge is 2.32. The first kappa shape index (κ1) is 30.4. The van der Waals surface area contributed by atoms with Crippen LogP contribution in [0.3, 0.4) is 0 Å². The molecule has 1 amide bonds. The summed E-state index contributed by atoms with van der Waals surface area (Å²) in [6, 6.07) is 5.33. The first-order valence-electron chi connectivity index (χ1n) is 12.7. The number of amides is 1. The van der Waals surface area contributed by atoms with Crippen LogP contribution >= 0.6 is 22.9 Å². The van der Waals surface area contributed by atoms with E-state index in [9.17, 15) is 35.3 Å². The van der Waals surface area contributed by atoms with Crippen LogP contribution in [0, 0.1) is 0 Å². The zero-order chi connectivity index (χ0) is 30.2. The van der Waals surface area contributed by atoms with E-state index < -0.39 is 58.7 Å². The lowest BCUT2D eigenvalue weighted by Gasteiger charge is -2.31. The number of hydrogen-bond donors (Lipinski definition) is 1. The number of halogens is 5. The predicted molar refractivity (Wildman–Crippen MR) is 144 cm³/mol. The van der Waals surface area contributed by atoms with Crippen molar-refractivity contribution in [2.45, 2.75) is 56.4 Å². The molecule has 0 radical (unpaired) electrons. The maximum atomic E-state index is 13.3. The Hall–Kier alpha value is -3.08. The first-order chi connectivity index (χ1) is 19.9. The topological polar surface area (TPSA) is 127 Å². The van der Waals surface area contributed by atoms with Crippen LogP contribution in [-0.4, -0.2) is 57.3 Å². The average Bonchev–Trinajstić information content (AvgIpc) is 3.68. The van der Waals surface area contributed by atoms with Crippen molar-refractivity contribution in [2.75, 3.05) is 13.1 Å². The van der Waals surface area contributed by atoms with Gasteiger partial charge in [0.25, 0.3) is 23.0 Å². The molecule has 42 heavy (non-hydrogen) atoms. The van der Waals surface area contributed by atoms with E-state index in [1.54, 1.807) is 18.2 Å². The predicted octanol–water partition coefficient (Wildman–Crippen LogP) is 5.53. The molecule has 0 saturated carbocycles. The third-order valence-electron chi connectivity index (χ3n) is 7.05. The molecule has 5 rings (SSSR count). The second-order valence-corrected chi connectivity index (χ2v) is 12.6. The highest BCUT2D eigenvalue weighted by atomic mass is 35.5. The monoisotopic (exact) mass is 649 g/mol. The number of benzene rings is 1. The minimum Gasteiger partial charge on any atom is -0.387 e. The van der Waals surface area contributed by atoms with Gasteiger partial charge in [0, 0.05) is 41.4 Å². The van der Waals surface area contributed by atoms with Crippen molar-refractivity contribution in [2.24, 2.45) is 5.16 Å². The Balaban J connectivity index is 1.19. The van der Waals surface area contributed by atoms with Gasteiger partial charge >= 0.3 is 0 Å². The summed E-state index contributed by atoms with van der Waals surface area (Å²) in [5, 5.41) is 10.5. The summed E-state index contributed by atoms with van der Waals surface area (Å²) < 4.78 is 85.3. The summed E-state index contributed by atoms with van der Waals surface area (Å²) in [5.41, 5.74) is 0.334. The Kier molecular flexibility index (Phi) is 8.87. The lowest BCUT2D eigenvalue weighted by Crippen LogP contribution is -2.40. The number of aromatic nitrogens is 3. The molecule has 0 bridgehead atoms. The molecule has 3 aromatic rings. The highest BCUT2D eigenvalue weighted by Crippen LogP contribution is 2.38. The summed E-state index contributed by atoms with van der Waals surface area (Å²) in [7, 11) is -4.30. The van der Waals surface area contributed by atoms with Crippen LogP contribution < -0.4 is 0 Å². The van der Waals surface area contributed by atoms with Gasteiger partial charge in [-0.15, -0.1) is 11.3 Å². The highest BCUT2D eigenvalue weighted by molar-refractivity contribution is 7.85. The molecule has 0 aliphatic carbocycles. The Labute approximate surface area is 246 Å². The van der Waals surface area contributed by atoms with Crippen LogP contribution in [0.15, 0.2) is 34.8 Å². The number of piperidine rings is 1. The Bertz CT molecular complexity index is 1610. The molecule has 2 aromatic heterocycles. The van der Waals surface area contributed by atoms with Crippen LogP contribution in [-0.2, 0) is 32.0 Å². The maximum Gasteiger partial charge on any atom is 0.282 e. The maximum absolute atomic E-state index is 13.3. The molecule has 0 unspecified atom stereocenters. The van der Waals surface area contributed by atoms with Gasteiger partial charge in [-0.2, -0.15) is 13.5 Å². The van der Waals surface area contributed by atoms with Crippen molar-refractivity contribution in [3.63, 3.8) is 0 Å². The normalized spacial score (nSPS) is 18.1. The number of nitrogens with zero attached hydrogens (tertiary/aromatic N) is 5. The number of thiazole rings is 1. The van der Waals surface area contributed by atoms with Crippen LogP contribution in [0.1, 0.15) is 77.4 Å². The molecule has 1 aromatic carbocycles. The van der Waals surface area contributed by atoms with Crippen LogP contribution in [0.4, 0.5) is 17.6 Å².